The Morgan fingerprint density at radius 1 is 1.67 bits per heavy atom. The summed E-state index contributed by atoms with van der Waals surface area (Å²) in [5, 5.41) is 20.8. The third-order valence-corrected chi connectivity index (χ3v) is 2.96. The van der Waals surface area contributed by atoms with Gasteiger partial charge in [0, 0.05) is 12.6 Å². The molecule has 1 rings (SSSR count). The van der Waals surface area contributed by atoms with E-state index in [1.807, 2.05) is 6.92 Å². The van der Waals surface area contributed by atoms with Crippen molar-refractivity contribution in [2.24, 2.45) is 11.8 Å². The molecule has 0 bridgehead atoms. The van der Waals surface area contributed by atoms with Crippen molar-refractivity contribution in [1.29, 1.82) is 5.26 Å². The summed E-state index contributed by atoms with van der Waals surface area (Å²) in [5.74, 6) is -0.890. The highest BCUT2D eigenvalue weighted by Gasteiger charge is 2.26. The smallest absolute Gasteiger partial charge is 0.306 e. The normalized spacial score (nSPS) is 28.0. The Hall–Kier alpha value is -1.08. The molecule has 0 aromatic carbocycles. The molecule has 4 heteroatoms. The molecule has 1 fully saturated rings. The van der Waals surface area contributed by atoms with Gasteiger partial charge in [0.2, 0.25) is 0 Å². The van der Waals surface area contributed by atoms with Crippen molar-refractivity contribution in [2.45, 2.75) is 38.6 Å². The number of carboxylic acids is 1. The van der Waals surface area contributed by atoms with Crippen LogP contribution in [0.5, 0.6) is 0 Å². The van der Waals surface area contributed by atoms with Crippen molar-refractivity contribution < 1.29 is 9.90 Å². The Morgan fingerprint density at radius 2 is 2.40 bits per heavy atom. The first-order valence-electron chi connectivity index (χ1n) is 5.49. The summed E-state index contributed by atoms with van der Waals surface area (Å²) < 4.78 is 0. The van der Waals surface area contributed by atoms with Crippen LogP contribution in [-0.4, -0.2) is 23.7 Å². The second-order valence-corrected chi connectivity index (χ2v) is 4.34. The molecule has 4 nitrogen and oxygen atoms in total. The maximum atomic E-state index is 10.8. The highest BCUT2D eigenvalue weighted by Crippen LogP contribution is 2.24. The minimum Gasteiger partial charge on any atom is -0.481 e. The number of hydrogen-bond acceptors (Lipinski definition) is 3. The number of carbonyl (C=O) groups is 1. The minimum atomic E-state index is -0.685. The molecule has 0 aromatic heterocycles. The van der Waals surface area contributed by atoms with E-state index in [1.165, 1.54) is 0 Å². The van der Waals surface area contributed by atoms with Crippen molar-refractivity contribution in [3.05, 3.63) is 0 Å². The lowest BCUT2D eigenvalue weighted by Gasteiger charge is -2.27. The zero-order chi connectivity index (χ0) is 11.3. The van der Waals surface area contributed by atoms with Crippen LogP contribution in [-0.2, 0) is 4.79 Å². The number of nitriles is 1. The van der Waals surface area contributed by atoms with E-state index in [0.717, 1.165) is 19.3 Å². The predicted molar refractivity (Wildman–Crippen MR) is 56.2 cm³/mol. The fourth-order valence-electron chi connectivity index (χ4n) is 1.99. The fraction of sp³-hybridized carbons (Fsp3) is 0.818. The lowest BCUT2D eigenvalue weighted by molar-refractivity contribution is -0.143. The monoisotopic (exact) mass is 210 g/mol. The lowest BCUT2D eigenvalue weighted by Crippen LogP contribution is -2.38. The van der Waals surface area contributed by atoms with Crippen molar-refractivity contribution in [1.82, 2.24) is 5.32 Å². The van der Waals surface area contributed by atoms with Crippen LogP contribution < -0.4 is 5.32 Å². The first-order chi connectivity index (χ1) is 7.13. The Morgan fingerprint density at radius 3 is 3.00 bits per heavy atom. The molecule has 0 amide bonds. The summed E-state index contributed by atoms with van der Waals surface area (Å²) in [6.45, 7) is 2.53. The van der Waals surface area contributed by atoms with E-state index in [-0.39, 0.29) is 17.9 Å². The highest BCUT2D eigenvalue weighted by molar-refractivity contribution is 5.70. The Bertz CT molecular complexity index is 260. The minimum absolute atomic E-state index is 0.00444. The average Bonchev–Trinajstić information content (AvgIpc) is 2.26. The van der Waals surface area contributed by atoms with E-state index in [2.05, 4.69) is 11.4 Å². The molecule has 0 radical (unpaired) electrons. The zero-order valence-corrected chi connectivity index (χ0v) is 9.07. The van der Waals surface area contributed by atoms with Crippen molar-refractivity contribution in [3.8, 4) is 6.07 Å². The topological polar surface area (TPSA) is 73.1 Å². The van der Waals surface area contributed by atoms with E-state index >= 15 is 0 Å². The number of nitrogens with one attached hydrogen (secondary N) is 1. The van der Waals surface area contributed by atoms with E-state index in [9.17, 15) is 4.79 Å². The maximum Gasteiger partial charge on any atom is 0.306 e. The molecule has 84 valence electrons. The van der Waals surface area contributed by atoms with Crippen LogP contribution in [0.15, 0.2) is 0 Å². The third kappa shape index (κ3) is 3.88. The standard InChI is InChI=1S/C11H18N2O2/c1-8(6-12)7-13-10-4-2-3-9(5-10)11(14)15/h8-10,13H,2-5,7H2,1H3,(H,14,15). The van der Waals surface area contributed by atoms with Gasteiger partial charge in [-0.2, -0.15) is 5.26 Å². The molecule has 2 N–H and O–H groups in total. The second kappa shape index (κ2) is 5.72. The van der Waals surface area contributed by atoms with Crippen molar-refractivity contribution >= 4 is 5.97 Å². The van der Waals surface area contributed by atoms with Gasteiger partial charge in [0.25, 0.3) is 0 Å². The number of carboxylic acid groups (broad SMARTS) is 1. The van der Waals surface area contributed by atoms with Crippen LogP contribution in [0.2, 0.25) is 0 Å². The molecule has 1 saturated carbocycles. The van der Waals surface area contributed by atoms with Gasteiger partial charge in [0.15, 0.2) is 0 Å². The summed E-state index contributed by atoms with van der Waals surface area (Å²) in [6.07, 6.45) is 3.49. The van der Waals surface area contributed by atoms with Gasteiger partial charge < -0.3 is 10.4 Å². The van der Waals surface area contributed by atoms with Crippen LogP contribution in [0, 0.1) is 23.2 Å². The van der Waals surface area contributed by atoms with Gasteiger partial charge in [-0.15, -0.1) is 0 Å². The first-order valence-corrected chi connectivity index (χ1v) is 5.49. The molecule has 15 heavy (non-hydrogen) atoms. The molecular weight excluding hydrogens is 192 g/mol. The maximum absolute atomic E-state index is 10.8. The largest absolute Gasteiger partial charge is 0.481 e. The molecule has 3 unspecified atom stereocenters. The molecule has 0 heterocycles. The zero-order valence-electron chi connectivity index (χ0n) is 9.07. The average molecular weight is 210 g/mol. The van der Waals surface area contributed by atoms with Crippen LogP contribution in [0.4, 0.5) is 0 Å². The molecule has 0 aromatic rings. The summed E-state index contributed by atoms with van der Waals surface area (Å²) in [6, 6.07) is 2.43. The van der Waals surface area contributed by atoms with E-state index in [1.54, 1.807) is 0 Å². The molecule has 0 saturated heterocycles. The highest BCUT2D eigenvalue weighted by atomic mass is 16.4. The van der Waals surface area contributed by atoms with Crippen LogP contribution >= 0.6 is 0 Å². The molecule has 1 aliphatic rings. The number of nitrogens with zero attached hydrogens (tertiary/aromatic N) is 1. The van der Waals surface area contributed by atoms with Gasteiger partial charge in [-0.3, -0.25) is 4.79 Å². The van der Waals surface area contributed by atoms with Crippen LogP contribution in [0.1, 0.15) is 32.6 Å². The predicted octanol–water partition coefficient (Wildman–Crippen LogP) is 1.38. The van der Waals surface area contributed by atoms with Crippen molar-refractivity contribution in [3.63, 3.8) is 0 Å². The molecule has 1 aliphatic carbocycles. The SMILES string of the molecule is CC(C#N)CNC1CCCC(C(=O)O)C1. The Balaban J connectivity index is 2.31. The molecule has 0 aliphatic heterocycles. The lowest BCUT2D eigenvalue weighted by atomic mass is 9.85. The second-order valence-electron chi connectivity index (χ2n) is 4.34. The van der Waals surface area contributed by atoms with Gasteiger partial charge in [-0.05, 0) is 26.2 Å². The first kappa shape index (κ1) is 12.0. The van der Waals surface area contributed by atoms with Crippen molar-refractivity contribution in [2.75, 3.05) is 6.54 Å². The summed E-state index contributed by atoms with van der Waals surface area (Å²) >= 11 is 0. The Labute approximate surface area is 90.3 Å². The van der Waals surface area contributed by atoms with Crippen LogP contribution in [0.25, 0.3) is 0 Å². The van der Waals surface area contributed by atoms with Gasteiger partial charge in [0.1, 0.15) is 0 Å². The van der Waals surface area contributed by atoms with E-state index < -0.39 is 5.97 Å². The number of hydrogen-bond donors (Lipinski definition) is 2. The van der Waals surface area contributed by atoms with Gasteiger partial charge in [0.05, 0.1) is 17.9 Å². The van der Waals surface area contributed by atoms with Crippen LogP contribution in [0.3, 0.4) is 0 Å². The summed E-state index contributed by atoms with van der Waals surface area (Å²) in [4.78, 5) is 10.8. The van der Waals surface area contributed by atoms with Gasteiger partial charge in [-0.25, -0.2) is 0 Å². The van der Waals surface area contributed by atoms with Gasteiger partial charge in [-0.1, -0.05) is 6.42 Å². The number of rotatable bonds is 4. The molecule has 0 spiro atoms. The van der Waals surface area contributed by atoms with E-state index in [0.29, 0.717) is 13.0 Å². The van der Waals surface area contributed by atoms with E-state index in [4.69, 9.17) is 10.4 Å². The number of aliphatic carboxylic acids is 1. The summed E-state index contributed by atoms with van der Waals surface area (Å²) in [7, 11) is 0. The fourth-order valence-corrected chi connectivity index (χ4v) is 1.99. The third-order valence-electron chi connectivity index (χ3n) is 2.96. The summed E-state index contributed by atoms with van der Waals surface area (Å²) in [5.41, 5.74) is 0. The molecular formula is C11H18N2O2. The Kier molecular flexibility index (Phi) is 4.57. The quantitative estimate of drug-likeness (QED) is 0.735. The molecule has 3 atom stereocenters. The van der Waals surface area contributed by atoms with Gasteiger partial charge >= 0.3 is 5.97 Å².